The molecule has 9 nitrogen and oxygen atoms in total. The maximum absolute atomic E-state index is 12.8. The van der Waals surface area contributed by atoms with Crippen LogP contribution in [-0.2, 0) is 17.7 Å². The van der Waals surface area contributed by atoms with Crippen molar-refractivity contribution in [1.82, 2.24) is 20.1 Å². The number of aromatic nitrogens is 3. The lowest BCUT2D eigenvalue weighted by molar-refractivity contribution is 0.0674. The van der Waals surface area contributed by atoms with Crippen LogP contribution in [0.4, 0.5) is 5.82 Å². The van der Waals surface area contributed by atoms with Crippen LogP contribution in [0.2, 0.25) is 0 Å². The summed E-state index contributed by atoms with van der Waals surface area (Å²) in [5.74, 6) is -0.420. The molecule has 4 heterocycles. The number of anilines is 1. The van der Waals surface area contributed by atoms with Crippen LogP contribution >= 0.6 is 0 Å². The minimum atomic E-state index is -1.09. The number of aromatic carboxylic acids is 1. The Hall–Kier alpha value is -2.94. The van der Waals surface area contributed by atoms with Gasteiger partial charge in [-0.1, -0.05) is 0 Å². The summed E-state index contributed by atoms with van der Waals surface area (Å²) in [5.41, 5.74) is 1.84. The summed E-state index contributed by atoms with van der Waals surface area (Å²) in [7, 11) is 0. The van der Waals surface area contributed by atoms with E-state index in [0.717, 1.165) is 24.6 Å². The van der Waals surface area contributed by atoms with E-state index in [1.165, 1.54) is 0 Å². The van der Waals surface area contributed by atoms with Crippen molar-refractivity contribution in [3.8, 4) is 0 Å². The number of pyridine rings is 1. The summed E-state index contributed by atoms with van der Waals surface area (Å²) in [4.78, 5) is 32.2. The molecule has 0 aliphatic carbocycles. The Labute approximate surface area is 149 Å². The molecule has 2 aliphatic heterocycles. The van der Waals surface area contributed by atoms with Crippen molar-refractivity contribution in [2.75, 3.05) is 37.7 Å². The number of ether oxygens (including phenoxy) is 1. The van der Waals surface area contributed by atoms with Crippen LogP contribution in [0.3, 0.4) is 0 Å². The van der Waals surface area contributed by atoms with Crippen LogP contribution in [0.5, 0.6) is 0 Å². The lowest BCUT2D eigenvalue weighted by Crippen LogP contribution is -2.37. The summed E-state index contributed by atoms with van der Waals surface area (Å²) in [6, 6.07) is 3.61. The Kier molecular flexibility index (Phi) is 4.29. The Morgan fingerprint density at radius 2 is 2.00 bits per heavy atom. The van der Waals surface area contributed by atoms with Gasteiger partial charge in [-0.3, -0.25) is 9.89 Å². The van der Waals surface area contributed by atoms with Gasteiger partial charge in [0, 0.05) is 43.5 Å². The zero-order valence-corrected chi connectivity index (χ0v) is 14.1. The van der Waals surface area contributed by atoms with Gasteiger partial charge < -0.3 is 19.6 Å². The molecule has 0 saturated carbocycles. The Morgan fingerprint density at radius 3 is 2.69 bits per heavy atom. The van der Waals surface area contributed by atoms with Gasteiger partial charge in [0.25, 0.3) is 5.91 Å². The molecule has 0 atom stereocenters. The third-order valence-corrected chi connectivity index (χ3v) is 4.75. The number of hydrogen-bond acceptors (Lipinski definition) is 6. The normalized spacial score (nSPS) is 17.1. The molecular formula is C17H19N5O4. The van der Waals surface area contributed by atoms with E-state index in [1.807, 2.05) is 6.07 Å². The number of aromatic amines is 1. The third kappa shape index (κ3) is 3.01. The fourth-order valence-electron chi connectivity index (χ4n) is 3.32. The fourth-order valence-corrected chi connectivity index (χ4v) is 3.32. The van der Waals surface area contributed by atoms with Crippen molar-refractivity contribution in [2.24, 2.45) is 0 Å². The van der Waals surface area contributed by atoms with E-state index >= 15 is 0 Å². The van der Waals surface area contributed by atoms with Gasteiger partial charge in [-0.25, -0.2) is 9.78 Å². The van der Waals surface area contributed by atoms with Gasteiger partial charge >= 0.3 is 5.97 Å². The number of fused-ring (bicyclic) bond motifs is 1. The van der Waals surface area contributed by atoms with Crippen LogP contribution in [0.1, 0.15) is 32.1 Å². The molecule has 2 aromatic rings. The number of H-pyrrole nitrogens is 1. The van der Waals surface area contributed by atoms with Gasteiger partial charge in [-0.2, -0.15) is 5.10 Å². The van der Waals surface area contributed by atoms with E-state index in [0.29, 0.717) is 37.3 Å². The second kappa shape index (κ2) is 6.75. The van der Waals surface area contributed by atoms with Gasteiger partial charge in [0.05, 0.1) is 25.3 Å². The van der Waals surface area contributed by atoms with E-state index in [2.05, 4.69) is 20.1 Å². The summed E-state index contributed by atoms with van der Waals surface area (Å²) in [5, 5.41) is 15.8. The first-order valence-electron chi connectivity index (χ1n) is 8.51. The van der Waals surface area contributed by atoms with Crippen LogP contribution in [0.15, 0.2) is 18.3 Å². The van der Waals surface area contributed by atoms with Crippen molar-refractivity contribution in [3.63, 3.8) is 0 Å². The molecule has 1 fully saturated rings. The summed E-state index contributed by atoms with van der Waals surface area (Å²) < 4.78 is 5.33. The molecular weight excluding hydrogens is 338 g/mol. The molecule has 0 unspecified atom stereocenters. The number of nitrogens with one attached hydrogen (secondary N) is 1. The van der Waals surface area contributed by atoms with E-state index < -0.39 is 5.97 Å². The monoisotopic (exact) mass is 357 g/mol. The maximum atomic E-state index is 12.8. The first-order chi connectivity index (χ1) is 12.6. The highest BCUT2D eigenvalue weighted by Gasteiger charge is 2.28. The smallest absolute Gasteiger partial charge is 0.356 e. The number of carboxylic acid groups (broad SMARTS) is 1. The number of amides is 1. The third-order valence-electron chi connectivity index (χ3n) is 4.75. The Bertz CT molecular complexity index is 826. The minimum absolute atomic E-state index is 0.0155. The lowest BCUT2D eigenvalue weighted by atomic mass is 10.0. The SMILES string of the molecule is O=C(O)c1n[nH]c2c1CN(C(=O)c1ccc(N3CCOCC3)nc1)CC2. The van der Waals surface area contributed by atoms with E-state index in [1.54, 1.807) is 17.2 Å². The Balaban J connectivity index is 1.49. The van der Waals surface area contributed by atoms with Crippen molar-refractivity contribution >= 4 is 17.7 Å². The van der Waals surface area contributed by atoms with Crippen molar-refractivity contribution < 1.29 is 19.4 Å². The van der Waals surface area contributed by atoms with Gasteiger partial charge in [0.15, 0.2) is 5.69 Å². The minimum Gasteiger partial charge on any atom is -0.476 e. The van der Waals surface area contributed by atoms with Gasteiger partial charge in [0.1, 0.15) is 5.82 Å². The highest BCUT2D eigenvalue weighted by Crippen LogP contribution is 2.22. The molecule has 0 spiro atoms. The van der Waals surface area contributed by atoms with Crippen molar-refractivity contribution in [2.45, 2.75) is 13.0 Å². The molecule has 136 valence electrons. The van der Waals surface area contributed by atoms with E-state index in [4.69, 9.17) is 4.74 Å². The molecule has 9 heteroatoms. The number of hydrogen-bond donors (Lipinski definition) is 2. The largest absolute Gasteiger partial charge is 0.476 e. The predicted molar refractivity (Wildman–Crippen MR) is 91.3 cm³/mol. The first kappa shape index (κ1) is 16.5. The molecule has 2 N–H and O–H groups in total. The molecule has 4 rings (SSSR count). The van der Waals surface area contributed by atoms with E-state index in [-0.39, 0.29) is 18.1 Å². The molecule has 0 bridgehead atoms. The number of nitrogens with zero attached hydrogens (tertiary/aromatic N) is 4. The standard InChI is InChI=1S/C17H19N5O4/c23-16(11-1-2-14(18-9-11)21-5-7-26-8-6-21)22-4-3-13-12(10-22)15(17(24)25)20-19-13/h1-2,9H,3-8,10H2,(H,19,20)(H,24,25). The maximum Gasteiger partial charge on any atom is 0.356 e. The zero-order chi connectivity index (χ0) is 18.1. The molecule has 26 heavy (non-hydrogen) atoms. The lowest BCUT2D eigenvalue weighted by Gasteiger charge is -2.28. The second-order valence-electron chi connectivity index (χ2n) is 6.32. The average Bonchev–Trinajstić information content (AvgIpc) is 3.12. The quantitative estimate of drug-likeness (QED) is 0.824. The number of carboxylic acids is 1. The first-order valence-corrected chi connectivity index (χ1v) is 8.51. The Morgan fingerprint density at radius 1 is 1.19 bits per heavy atom. The molecule has 2 aliphatic rings. The van der Waals surface area contributed by atoms with Crippen LogP contribution in [-0.4, -0.2) is 69.9 Å². The number of rotatable bonds is 3. The highest BCUT2D eigenvalue weighted by atomic mass is 16.5. The van der Waals surface area contributed by atoms with Gasteiger partial charge in [0.2, 0.25) is 0 Å². The van der Waals surface area contributed by atoms with Crippen molar-refractivity contribution in [3.05, 3.63) is 40.8 Å². The number of morpholine rings is 1. The van der Waals surface area contributed by atoms with Crippen LogP contribution in [0, 0.1) is 0 Å². The zero-order valence-electron chi connectivity index (χ0n) is 14.1. The van der Waals surface area contributed by atoms with E-state index in [9.17, 15) is 14.7 Å². The predicted octanol–water partition coefficient (Wildman–Crippen LogP) is 0.538. The van der Waals surface area contributed by atoms with Crippen molar-refractivity contribution in [1.29, 1.82) is 0 Å². The summed E-state index contributed by atoms with van der Waals surface area (Å²) >= 11 is 0. The molecule has 1 amide bonds. The molecule has 0 aromatic carbocycles. The molecule has 2 aromatic heterocycles. The molecule has 0 radical (unpaired) electrons. The van der Waals surface area contributed by atoms with Gasteiger partial charge in [-0.15, -0.1) is 0 Å². The fraction of sp³-hybridized carbons (Fsp3) is 0.412. The summed E-state index contributed by atoms with van der Waals surface area (Å²) in [6.45, 7) is 3.67. The van der Waals surface area contributed by atoms with Crippen LogP contribution in [0.25, 0.3) is 0 Å². The average molecular weight is 357 g/mol. The second-order valence-corrected chi connectivity index (χ2v) is 6.32. The summed E-state index contributed by atoms with van der Waals surface area (Å²) in [6.07, 6.45) is 2.14. The molecule has 1 saturated heterocycles. The highest BCUT2D eigenvalue weighted by molar-refractivity contribution is 5.94. The number of carbonyl (C=O) groups excluding carboxylic acids is 1. The topological polar surface area (TPSA) is 112 Å². The van der Waals surface area contributed by atoms with Crippen LogP contribution < -0.4 is 4.90 Å². The van der Waals surface area contributed by atoms with Gasteiger partial charge in [-0.05, 0) is 12.1 Å². The number of carbonyl (C=O) groups is 2.